The summed E-state index contributed by atoms with van der Waals surface area (Å²) in [7, 11) is -2.76. The summed E-state index contributed by atoms with van der Waals surface area (Å²) in [6.45, 7) is 1.68. The number of nitrogens with one attached hydrogen (secondary N) is 1. The number of aryl methyl sites for hydroxylation is 1. The van der Waals surface area contributed by atoms with E-state index in [1.165, 1.54) is 30.0 Å². The molecule has 0 bridgehead atoms. The molecule has 1 heterocycles. The fourth-order valence-corrected chi connectivity index (χ4v) is 5.24. The lowest BCUT2D eigenvalue weighted by atomic mass is 9.86. The van der Waals surface area contributed by atoms with Crippen molar-refractivity contribution in [1.29, 1.82) is 0 Å². The van der Waals surface area contributed by atoms with Gasteiger partial charge in [0.25, 0.3) is 5.91 Å². The zero-order valence-electron chi connectivity index (χ0n) is 21.5. The van der Waals surface area contributed by atoms with Crippen molar-refractivity contribution in [3.05, 3.63) is 65.5 Å². The molecule has 39 heavy (non-hydrogen) atoms. The third kappa shape index (κ3) is 6.44. The van der Waals surface area contributed by atoms with Gasteiger partial charge in [0.15, 0.2) is 0 Å². The first kappa shape index (κ1) is 27.8. The molecule has 0 unspecified atom stereocenters. The molecule has 0 spiro atoms. The number of primary sulfonamides is 1. The van der Waals surface area contributed by atoms with Gasteiger partial charge in [-0.2, -0.15) is 5.10 Å². The fourth-order valence-electron chi connectivity index (χ4n) is 4.51. The minimum Gasteiger partial charge on any atom is -0.497 e. The van der Waals surface area contributed by atoms with Crippen LogP contribution in [0.5, 0.6) is 5.75 Å². The number of aliphatic imine (C=N–C) groups is 1. The van der Waals surface area contributed by atoms with E-state index < -0.39 is 21.9 Å². The molecule has 4 rings (SSSR count). The molecule has 1 saturated carbocycles. The first-order valence-electron chi connectivity index (χ1n) is 12.2. The maximum absolute atomic E-state index is 13.2. The maximum Gasteiger partial charge on any atom is 0.306 e. The van der Waals surface area contributed by atoms with Crippen LogP contribution in [0.2, 0.25) is 0 Å². The maximum atomic E-state index is 13.2. The van der Waals surface area contributed by atoms with E-state index in [1.54, 1.807) is 37.3 Å². The Morgan fingerprint density at radius 1 is 1.10 bits per heavy atom. The lowest BCUT2D eigenvalue weighted by Crippen LogP contribution is -2.25. The molecule has 0 aliphatic heterocycles. The number of hydrogen-bond acceptors (Lipinski definition) is 7. The molecular weight excluding hydrogens is 524 g/mol. The molecule has 1 amide bonds. The lowest BCUT2D eigenvalue weighted by molar-refractivity contribution is -0.142. The standard InChI is InChI=1S/C26H30N6O6S/c1-15-13-22(32(31-15)21-12-11-20(38-2)14-23(21)39(28,36)37)25(33)30-19-7-3-16(4-8-19)24(27)29-18-9-5-17(6-10-18)26(34)35/h3-4,7-8,11-14,17-18H,5-6,9-10H2,1-2H3,(H2,27,29)(H,30,33)(H,34,35)(H2,28,36,37). The molecule has 1 aliphatic carbocycles. The van der Waals surface area contributed by atoms with Crippen LogP contribution in [0.15, 0.2) is 58.4 Å². The van der Waals surface area contributed by atoms with E-state index in [1.807, 2.05) is 0 Å². The molecular formula is C26H30N6O6S. The van der Waals surface area contributed by atoms with E-state index in [2.05, 4.69) is 15.4 Å². The van der Waals surface area contributed by atoms with E-state index in [0.29, 0.717) is 48.5 Å². The largest absolute Gasteiger partial charge is 0.497 e. The number of sulfonamides is 1. The smallest absolute Gasteiger partial charge is 0.306 e. The van der Waals surface area contributed by atoms with E-state index in [-0.39, 0.29) is 34.0 Å². The average molecular weight is 555 g/mol. The van der Waals surface area contributed by atoms with Crippen LogP contribution in [0.3, 0.4) is 0 Å². The number of ether oxygens (including phenoxy) is 1. The van der Waals surface area contributed by atoms with Crippen LogP contribution in [0, 0.1) is 12.8 Å². The second kappa shape index (κ2) is 11.3. The number of carboxylic acids is 1. The Kier molecular flexibility index (Phi) is 8.02. The molecule has 1 fully saturated rings. The van der Waals surface area contributed by atoms with Gasteiger partial charge >= 0.3 is 5.97 Å². The highest BCUT2D eigenvalue weighted by atomic mass is 32.2. The van der Waals surface area contributed by atoms with Crippen molar-refractivity contribution >= 4 is 33.4 Å². The van der Waals surface area contributed by atoms with Crippen LogP contribution in [0.4, 0.5) is 5.69 Å². The van der Waals surface area contributed by atoms with Crippen molar-refractivity contribution in [2.75, 3.05) is 12.4 Å². The number of anilines is 1. The highest BCUT2D eigenvalue weighted by molar-refractivity contribution is 7.89. The zero-order chi connectivity index (χ0) is 28.3. The van der Waals surface area contributed by atoms with Crippen molar-refractivity contribution in [3.8, 4) is 11.4 Å². The Bertz CT molecular complexity index is 1520. The molecule has 13 heteroatoms. The van der Waals surface area contributed by atoms with E-state index >= 15 is 0 Å². The monoisotopic (exact) mass is 554 g/mol. The summed E-state index contributed by atoms with van der Waals surface area (Å²) >= 11 is 0. The van der Waals surface area contributed by atoms with Crippen LogP contribution in [0.1, 0.15) is 47.4 Å². The number of nitrogens with zero attached hydrogens (tertiary/aromatic N) is 3. The van der Waals surface area contributed by atoms with E-state index in [9.17, 15) is 18.0 Å². The SMILES string of the molecule is COc1ccc(-n2nc(C)cc2C(=O)Nc2ccc(C(N)=NC3CCC(C(=O)O)CC3)cc2)c(S(N)(=O)=O)c1. The summed E-state index contributed by atoms with van der Waals surface area (Å²) in [5.41, 5.74) is 8.03. The van der Waals surface area contributed by atoms with Crippen molar-refractivity contribution in [1.82, 2.24) is 9.78 Å². The molecule has 6 N–H and O–H groups in total. The van der Waals surface area contributed by atoms with Crippen molar-refractivity contribution in [2.45, 2.75) is 43.5 Å². The van der Waals surface area contributed by atoms with Gasteiger partial charge in [0, 0.05) is 17.3 Å². The third-order valence-electron chi connectivity index (χ3n) is 6.57. The summed E-state index contributed by atoms with van der Waals surface area (Å²) in [6, 6.07) is 12.6. The topological polar surface area (TPSA) is 192 Å². The van der Waals surface area contributed by atoms with Crippen molar-refractivity contribution in [3.63, 3.8) is 0 Å². The number of amides is 1. The van der Waals surface area contributed by atoms with E-state index in [4.69, 9.17) is 20.7 Å². The van der Waals surface area contributed by atoms with Gasteiger partial charge in [-0.3, -0.25) is 14.6 Å². The summed E-state index contributed by atoms with van der Waals surface area (Å²) in [5.74, 6) is -0.980. The van der Waals surface area contributed by atoms with Crippen LogP contribution in [-0.2, 0) is 14.8 Å². The Labute approximate surface area is 225 Å². The van der Waals surface area contributed by atoms with Crippen LogP contribution in [-0.4, -0.2) is 54.2 Å². The zero-order valence-corrected chi connectivity index (χ0v) is 22.3. The molecule has 1 aromatic heterocycles. The second-order valence-corrected chi connectivity index (χ2v) is 10.9. The van der Waals surface area contributed by atoms with Crippen molar-refractivity contribution < 1.29 is 27.9 Å². The average Bonchev–Trinajstić information content (AvgIpc) is 3.30. The molecule has 0 saturated heterocycles. The van der Waals surface area contributed by atoms with Gasteiger partial charge in [-0.1, -0.05) is 0 Å². The number of methoxy groups -OCH3 is 1. The lowest BCUT2D eigenvalue weighted by Gasteiger charge is -2.23. The van der Waals surface area contributed by atoms with E-state index in [0.717, 1.165) is 0 Å². The number of aromatic nitrogens is 2. The highest BCUT2D eigenvalue weighted by Crippen LogP contribution is 2.28. The number of carbonyl (C=O) groups is 2. The predicted octanol–water partition coefficient (Wildman–Crippen LogP) is 2.44. The van der Waals surface area contributed by atoms with Gasteiger partial charge in [0.2, 0.25) is 10.0 Å². The summed E-state index contributed by atoms with van der Waals surface area (Å²) in [4.78, 5) is 28.7. The van der Waals surface area contributed by atoms with Gasteiger partial charge in [0.1, 0.15) is 22.2 Å². The van der Waals surface area contributed by atoms with Crippen LogP contribution < -0.4 is 20.9 Å². The minimum absolute atomic E-state index is 0.0244. The summed E-state index contributed by atoms with van der Waals surface area (Å²) in [5, 5.41) is 21.7. The molecule has 2 aromatic carbocycles. The number of hydrogen-bond donors (Lipinski definition) is 4. The highest BCUT2D eigenvalue weighted by Gasteiger charge is 2.26. The third-order valence-corrected chi connectivity index (χ3v) is 7.51. The van der Waals surface area contributed by atoms with Crippen LogP contribution in [0.25, 0.3) is 5.69 Å². The van der Waals surface area contributed by atoms with Crippen molar-refractivity contribution in [2.24, 2.45) is 21.8 Å². The van der Waals surface area contributed by atoms with Gasteiger partial charge in [0.05, 0.1) is 30.5 Å². The molecule has 1 aliphatic rings. The number of aliphatic carboxylic acids is 1. The number of amidine groups is 1. The quantitative estimate of drug-likeness (QED) is 0.241. The number of benzene rings is 2. The van der Waals surface area contributed by atoms with Gasteiger partial charge in [-0.15, -0.1) is 0 Å². The normalized spacial score (nSPS) is 18.0. The Hall–Kier alpha value is -4.23. The second-order valence-electron chi connectivity index (χ2n) is 9.35. The first-order valence-corrected chi connectivity index (χ1v) is 13.8. The van der Waals surface area contributed by atoms with Gasteiger partial charge in [-0.05, 0) is 75.1 Å². The first-order chi connectivity index (χ1) is 18.5. The number of nitrogens with two attached hydrogens (primary N) is 2. The summed E-state index contributed by atoms with van der Waals surface area (Å²) in [6.07, 6.45) is 2.49. The Morgan fingerprint density at radius 3 is 2.36 bits per heavy atom. The van der Waals surface area contributed by atoms with Crippen LogP contribution >= 0.6 is 0 Å². The predicted molar refractivity (Wildman–Crippen MR) is 145 cm³/mol. The number of rotatable bonds is 8. The van der Waals surface area contributed by atoms with Gasteiger partial charge in [-0.25, -0.2) is 18.2 Å². The Morgan fingerprint density at radius 2 is 1.77 bits per heavy atom. The molecule has 206 valence electrons. The summed E-state index contributed by atoms with van der Waals surface area (Å²) < 4.78 is 30.9. The molecule has 3 aromatic rings. The number of carboxylic acid groups (broad SMARTS) is 1. The molecule has 12 nitrogen and oxygen atoms in total. The number of carbonyl (C=O) groups excluding carboxylic acids is 1. The Balaban J connectivity index is 1.52. The molecule has 0 radical (unpaired) electrons. The minimum atomic E-state index is -4.16. The fraction of sp³-hybridized carbons (Fsp3) is 0.308. The molecule has 0 atom stereocenters. The van der Waals surface area contributed by atoms with Gasteiger partial charge < -0.3 is 20.9 Å².